The van der Waals surface area contributed by atoms with Crippen molar-refractivity contribution in [1.29, 1.82) is 0 Å². The summed E-state index contributed by atoms with van der Waals surface area (Å²) in [5.41, 5.74) is 1.95. The Hall–Kier alpha value is -2.13. The van der Waals surface area contributed by atoms with E-state index in [-0.39, 0.29) is 10.9 Å². The Morgan fingerprint density at radius 3 is 2.55 bits per heavy atom. The van der Waals surface area contributed by atoms with Crippen LogP contribution in [0.15, 0.2) is 54.1 Å². The van der Waals surface area contributed by atoms with Crippen LogP contribution < -0.4 is 5.32 Å². The Morgan fingerprint density at radius 1 is 1.20 bits per heavy atom. The second-order valence-electron chi connectivity index (χ2n) is 4.32. The summed E-state index contributed by atoms with van der Waals surface area (Å²) in [4.78, 5) is 12.0. The number of benzene rings is 2. The van der Waals surface area contributed by atoms with Crippen molar-refractivity contribution in [3.05, 3.63) is 70.5 Å². The summed E-state index contributed by atoms with van der Waals surface area (Å²) < 4.78 is 13.0. The van der Waals surface area contributed by atoms with E-state index in [1.54, 1.807) is 13.0 Å². The predicted octanol–water partition coefficient (Wildman–Crippen LogP) is 4.52. The number of anilines is 1. The van der Waals surface area contributed by atoms with E-state index in [0.29, 0.717) is 11.3 Å². The highest BCUT2D eigenvalue weighted by Crippen LogP contribution is 2.20. The Balaban J connectivity index is 2.11. The molecular formula is C16H13ClFNO. The van der Waals surface area contributed by atoms with Gasteiger partial charge in [-0.1, -0.05) is 41.9 Å². The second kappa shape index (κ2) is 6.35. The lowest BCUT2D eigenvalue weighted by Crippen LogP contribution is -2.12. The topological polar surface area (TPSA) is 29.1 Å². The maximum absolute atomic E-state index is 13.0. The van der Waals surface area contributed by atoms with Gasteiger partial charge in [-0.2, -0.15) is 0 Å². The first-order valence-corrected chi connectivity index (χ1v) is 6.44. The van der Waals surface area contributed by atoms with Crippen molar-refractivity contribution in [1.82, 2.24) is 0 Å². The molecule has 0 atom stereocenters. The molecule has 0 aromatic heterocycles. The number of carbonyl (C=O) groups excluding carboxylic acids is 1. The van der Waals surface area contributed by atoms with Crippen molar-refractivity contribution in [2.24, 2.45) is 0 Å². The highest BCUT2D eigenvalue weighted by molar-refractivity contribution is 6.31. The summed E-state index contributed by atoms with van der Waals surface area (Å²) in [5.74, 6) is -0.766. The van der Waals surface area contributed by atoms with Gasteiger partial charge in [-0.25, -0.2) is 4.39 Å². The minimum Gasteiger partial charge on any atom is -0.322 e. The molecule has 2 nitrogen and oxygen atoms in total. The summed E-state index contributed by atoms with van der Waals surface area (Å²) in [5, 5.41) is 2.65. The van der Waals surface area contributed by atoms with Crippen molar-refractivity contribution in [2.45, 2.75) is 6.92 Å². The molecule has 2 aromatic rings. The monoisotopic (exact) mass is 289 g/mol. The molecule has 4 heteroatoms. The first-order chi connectivity index (χ1) is 9.56. The smallest absolute Gasteiger partial charge is 0.251 e. The van der Waals surface area contributed by atoms with Crippen molar-refractivity contribution in [3.63, 3.8) is 0 Å². The summed E-state index contributed by atoms with van der Waals surface area (Å²) in [6.45, 7) is 1.72. The number of hydrogen-bond donors (Lipinski definition) is 1. The quantitative estimate of drug-likeness (QED) is 0.827. The van der Waals surface area contributed by atoms with E-state index in [4.69, 9.17) is 11.6 Å². The van der Waals surface area contributed by atoms with Crippen LogP contribution in [0.5, 0.6) is 0 Å². The highest BCUT2D eigenvalue weighted by atomic mass is 35.5. The Labute approximate surface area is 121 Å². The summed E-state index contributed by atoms with van der Waals surface area (Å²) in [7, 11) is 0. The molecule has 20 heavy (non-hydrogen) atoms. The molecular weight excluding hydrogens is 277 g/mol. The Bertz CT molecular complexity index is 653. The first-order valence-electron chi connectivity index (χ1n) is 6.06. The molecule has 0 saturated carbocycles. The molecule has 1 N–H and O–H groups in total. The van der Waals surface area contributed by atoms with Gasteiger partial charge in [0.15, 0.2) is 0 Å². The summed E-state index contributed by atoms with van der Waals surface area (Å²) in [6, 6.07) is 13.6. The molecule has 0 saturated heterocycles. The first kappa shape index (κ1) is 14.3. The molecule has 2 aromatic carbocycles. The van der Waals surface area contributed by atoms with Gasteiger partial charge in [-0.3, -0.25) is 4.79 Å². The molecule has 0 radical (unpaired) electrons. The number of carbonyl (C=O) groups is 1. The van der Waals surface area contributed by atoms with E-state index in [2.05, 4.69) is 5.32 Å². The molecule has 102 valence electrons. The van der Waals surface area contributed by atoms with Gasteiger partial charge in [0, 0.05) is 11.3 Å². The molecule has 0 spiro atoms. The van der Waals surface area contributed by atoms with Gasteiger partial charge in [-0.15, -0.1) is 0 Å². The van der Waals surface area contributed by atoms with Gasteiger partial charge < -0.3 is 5.32 Å². The third kappa shape index (κ3) is 3.68. The maximum atomic E-state index is 13.0. The SMILES string of the molecule is C/C(=C\c1ccccc1)C(=O)Nc1ccc(F)c(Cl)c1. The van der Waals surface area contributed by atoms with E-state index in [9.17, 15) is 9.18 Å². The zero-order valence-corrected chi connectivity index (χ0v) is 11.6. The van der Waals surface area contributed by atoms with Crippen LogP contribution in [0.4, 0.5) is 10.1 Å². The number of halogens is 2. The lowest BCUT2D eigenvalue weighted by Gasteiger charge is -2.06. The molecule has 0 fully saturated rings. The summed E-state index contributed by atoms with van der Waals surface area (Å²) in [6.07, 6.45) is 1.78. The zero-order chi connectivity index (χ0) is 14.5. The van der Waals surface area contributed by atoms with Gasteiger partial charge in [-0.05, 0) is 36.8 Å². The fourth-order valence-electron chi connectivity index (χ4n) is 1.67. The molecule has 0 unspecified atom stereocenters. The van der Waals surface area contributed by atoms with Gasteiger partial charge in [0.25, 0.3) is 5.91 Å². The minimum absolute atomic E-state index is 0.0208. The third-order valence-electron chi connectivity index (χ3n) is 2.72. The number of rotatable bonds is 3. The van der Waals surface area contributed by atoms with Crippen LogP contribution in [0.3, 0.4) is 0 Å². The Kier molecular flexibility index (Phi) is 4.53. The van der Waals surface area contributed by atoms with Gasteiger partial charge in [0.1, 0.15) is 5.82 Å². The van der Waals surface area contributed by atoms with Gasteiger partial charge >= 0.3 is 0 Å². The van der Waals surface area contributed by atoms with E-state index < -0.39 is 5.82 Å². The number of nitrogens with one attached hydrogen (secondary N) is 1. The fraction of sp³-hybridized carbons (Fsp3) is 0.0625. The van der Waals surface area contributed by atoms with Gasteiger partial charge in [0.05, 0.1) is 5.02 Å². The second-order valence-corrected chi connectivity index (χ2v) is 4.73. The zero-order valence-electron chi connectivity index (χ0n) is 10.9. The largest absolute Gasteiger partial charge is 0.322 e. The normalized spacial score (nSPS) is 11.2. The van der Waals surface area contributed by atoms with E-state index in [1.165, 1.54) is 18.2 Å². The van der Waals surface area contributed by atoms with Crippen molar-refractivity contribution in [2.75, 3.05) is 5.32 Å². The Morgan fingerprint density at radius 2 is 1.90 bits per heavy atom. The van der Waals surface area contributed by atoms with Crippen LogP contribution in [-0.4, -0.2) is 5.91 Å². The summed E-state index contributed by atoms with van der Waals surface area (Å²) >= 11 is 5.67. The highest BCUT2D eigenvalue weighted by Gasteiger charge is 2.07. The predicted molar refractivity (Wildman–Crippen MR) is 80.1 cm³/mol. The van der Waals surface area contributed by atoms with E-state index in [0.717, 1.165) is 5.56 Å². The molecule has 0 aliphatic heterocycles. The molecule has 0 aliphatic rings. The van der Waals surface area contributed by atoms with Crippen LogP contribution in [0.25, 0.3) is 6.08 Å². The van der Waals surface area contributed by atoms with Crippen LogP contribution in [0.2, 0.25) is 5.02 Å². The van der Waals surface area contributed by atoms with Crippen LogP contribution >= 0.6 is 11.6 Å². The molecule has 0 heterocycles. The number of amides is 1. The van der Waals surface area contributed by atoms with Crippen molar-refractivity contribution >= 4 is 29.3 Å². The molecule has 1 amide bonds. The number of hydrogen-bond acceptors (Lipinski definition) is 1. The lowest BCUT2D eigenvalue weighted by atomic mass is 10.1. The average molecular weight is 290 g/mol. The maximum Gasteiger partial charge on any atom is 0.251 e. The van der Waals surface area contributed by atoms with Crippen LogP contribution in [-0.2, 0) is 4.79 Å². The molecule has 0 aliphatic carbocycles. The molecule has 2 rings (SSSR count). The van der Waals surface area contributed by atoms with E-state index in [1.807, 2.05) is 30.3 Å². The van der Waals surface area contributed by atoms with Gasteiger partial charge in [0.2, 0.25) is 0 Å². The van der Waals surface area contributed by atoms with Crippen molar-refractivity contribution in [3.8, 4) is 0 Å². The van der Waals surface area contributed by atoms with E-state index >= 15 is 0 Å². The van der Waals surface area contributed by atoms with Crippen LogP contribution in [0, 0.1) is 5.82 Å². The average Bonchev–Trinajstić information content (AvgIpc) is 2.44. The third-order valence-corrected chi connectivity index (χ3v) is 3.01. The van der Waals surface area contributed by atoms with Crippen molar-refractivity contribution < 1.29 is 9.18 Å². The lowest BCUT2D eigenvalue weighted by molar-refractivity contribution is -0.112. The fourth-order valence-corrected chi connectivity index (χ4v) is 1.85. The van der Waals surface area contributed by atoms with Crippen LogP contribution in [0.1, 0.15) is 12.5 Å². The molecule has 0 bridgehead atoms. The standard InChI is InChI=1S/C16H13ClFNO/c1-11(9-12-5-3-2-4-6-12)16(20)19-13-7-8-15(18)14(17)10-13/h2-10H,1H3,(H,19,20)/b11-9+. The minimum atomic E-state index is -0.513.